The van der Waals surface area contributed by atoms with Crippen LogP contribution >= 0.6 is 0 Å². The second kappa shape index (κ2) is 11.8. The van der Waals surface area contributed by atoms with Crippen molar-refractivity contribution >= 4 is 29.2 Å². The van der Waals surface area contributed by atoms with Crippen LogP contribution in [0.2, 0.25) is 0 Å². The first kappa shape index (κ1) is 25.9. The van der Waals surface area contributed by atoms with Crippen molar-refractivity contribution in [3.8, 4) is 0 Å². The molecule has 2 aromatic rings. The molecular formula is C27H33FN6O4. The van der Waals surface area contributed by atoms with E-state index in [1.807, 2.05) is 15.9 Å². The van der Waals surface area contributed by atoms with Gasteiger partial charge in [-0.1, -0.05) is 6.07 Å². The van der Waals surface area contributed by atoms with Crippen molar-refractivity contribution in [1.82, 2.24) is 20.0 Å². The summed E-state index contributed by atoms with van der Waals surface area (Å²) < 4.78 is 19.1. The fourth-order valence-electron chi connectivity index (χ4n) is 5.01. The van der Waals surface area contributed by atoms with E-state index in [1.165, 1.54) is 18.2 Å². The average Bonchev–Trinajstić information content (AvgIpc) is 2.97. The number of morpholine rings is 1. The van der Waals surface area contributed by atoms with Crippen LogP contribution in [0.25, 0.3) is 0 Å². The zero-order valence-corrected chi connectivity index (χ0v) is 21.3. The van der Waals surface area contributed by atoms with Gasteiger partial charge in [-0.15, -0.1) is 0 Å². The molecule has 3 saturated heterocycles. The summed E-state index contributed by atoms with van der Waals surface area (Å²) in [6, 6.07) is 10.8. The van der Waals surface area contributed by atoms with Crippen LogP contribution in [0.4, 0.5) is 20.6 Å². The number of carbonyl (C=O) groups excluding carboxylic acids is 3. The van der Waals surface area contributed by atoms with Crippen LogP contribution < -0.4 is 15.5 Å². The molecule has 0 atom stereocenters. The van der Waals surface area contributed by atoms with E-state index in [4.69, 9.17) is 4.74 Å². The van der Waals surface area contributed by atoms with E-state index in [2.05, 4.69) is 15.5 Å². The first-order chi connectivity index (χ1) is 18.5. The Morgan fingerprint density at radius 2 is 1.50 bits per heavy atom. The first-order valence-corrected chi connectivity index (χ1v) is 13.1. The van der Waals surface area contributed by atoms with Gasteiger partial charge in [-0.3, -0.25) is 9.59 Å². The third kappa shape index (κ3) is 5.89. The topological polar surface area (TPSA) is 97.5 Å². The van der Waals surface area contributed by atoms with Gasteiger partial charge in [0, 0.05) is 76.6 Å². The van der Waals surface area contributed by atoms with Gasteiger partial charge in [0.25, 0.3) is 11.8 Å². The second-order valence-electron chi connectivity index (χ2n) is 9.59. The lowest BCUT2D eigenvalue weighted by Gasteiger charge is -2.40. The van der Waals surface area contributed by atoms with Crippen LogP contribution in [-0.2, 0) is 4.74 Å². The van der Waals surface area contributed by atoms with Crippen molar-refractivity contribution in [2.45, 2.75) is 0 Å². The molecule has 0 unspecified atom stereocenters. The zero-order valence-electron chi connectivity index (χ0n) is 21.3. The standard InChI is InChI=1S/C27H33FN6O4/c28-22-3-1-2-20(18-22)25(35)30-23-19-21(26(36)32-8-6-29-7-9-32)4-5-24(23)31-10-12-33(13-11-31)27(37)34-14-16-38-17-15-34/h1-5,18-19,29H,6-17H2,(H,30,35). The number of ether oxygens (including phenoxy) is 1. The maximum Gasteiger partial charge on any atom is 0.320 e. The third-order valence-electron chi connectivity index (χ3n) is 7.16. The first-order valence-electron chi connectivity index (χ1n) is 13.1. The van der Waals surface area contributed by atoms with E-state index in [0.717, 1.165) is 18.8 Å². The molecule has 2 aromatic carbocycles. The summed E-state index contributed by atoms with van der Waals surface area (Å²) in [5.74, 6) is -1.06. The van der Waals surface area contributed by atoms with Crippen LogP contribution in [0.1, 0.15) is 20.7 Å². The van der Waals surface area contributed by atoms with E-state index >= 15 is 0 Å². The number of halogens is 1. The number of benzene rings is 2. The van der Waals surface area contributed by atoms with Crippen molar-refractivity contribution in [2.75, 3.05) is 88.9 Å². The van der Waals surface area contributed by atoms with Crippen molar-refractivity contribution in [1.29, 1.82) is 0 Å². The molecule has 0 radical (unpaired) electrons. The summed E-state index contributed by atoms with van der Waals surface area (Å²) in [5.41, 5.74) is 1.90. The Morgan fingerprint density at radius 1 is 0.789 bits per heavy atom. The molecule has 10 nitrogen and oxygen atoms in total. The van der Waals surface area contributed by atoms with Crippen molar-refractivity contribution in [3.05, 3.63) is 59.4 Å². The highest BCUT2D eigenvalue weighted by Gasteiger charge is 2.28. The maximum atomic E-state index is 13.8. The molecule has 5 rings (SSSR count). The van der Waals surface area contributed by atoms with Gasteiger partial charge in [-0.2, -0.15) is 0 Å². The van der Waals surface area contributed by atoms with Gasteiger partial charge >= 0.3 is 6.03 Å². The molecule has 4 amide bonds. The van der Waals surface area contributed by atoms with Crippen LogP contribution in [0, 0.1) is 5.82 Å². The minimum absolute atomic E-state index is 0.0181. The number of rotatable bonds is 4. The smallest absolute Gasteiger partial charge is 0.320 e. The molecule has 0 saturated carbocycles. The molecule has 3 aliphatic rings. The molecule has 38 heavy (non-hydrogen) atoms. The molecule has 0 aromatic heterocycles. The molecule has 202 valence electrons. The summed E-state index contributed by atoms with van der Waals surface area (Å²) in [5, 5.41) is 6.14. The Morgan fingerprint density at radius 3 is 2.21 bits per heavy atom. The van der Waals surface area contributed by atoms with E-state index in [1.54, 1.807) is 23.1 Å². The average molecular weight is 525 g/mol. The predicted octanol–water partition coefficient (Wildman–Crippen LogP) is 1.70. The van der Waals surface area contributed by atoms with Gasteiger partial charge in [0.15, 0.2) is 0 Å². The van der Waals surface area contributed by atoms with Crippen LogP contribution in [0.3, 0.4) is 0 Å². The Kier molecular flexibility index (Phi) is 8.04. The predicted molar refractivity (Wildman–Crippen MR) is 141 cm³/mol. The molecule has 2 N–H and O–H groups in total. The largest absolute Gasteiger partial charge is 0.378 e. The number of piperazine rings is 2. The van der Waals surface area contributed by atoms with Gasteiger partial charge < -0.3 is 35.0 Å². The summed E-state index contributed by atoms with van der Waals surface area (Å²) >= 11 is 0. The van der Waals surface area contributed by atoms with Crippen molar-refractivity contribution in [3.63, 3.8) is 0 Å². The summed E-state index contributed by atoms with van der Waals surface area (Å²) in [4.78, 5) is 46.7. The Hall–Kier alpha value is -3.70. The Bertz CT molecular complexity index is 1170. The molecule has 0 aliphatic carbocycles. The van der Waals surface area contributed by atoms with Gasteiger partial charge in [0.05, 0.1) is 24.6 Å². The lowest BCUT2D eigenvalue weighted by Crippen LogP contribution is -2.55. The quantitative estimate of drug-likeness (QED) is 0.632. The summed E-state index contributed by atoms with van der Waals surface area (Å²) in [6.07, 6.45) is 0. The zero-order chi connectivity index (χ0) is 26.5. The monoisotopic (exact) mass is 524 g/mol. The lowest BCUT2D eigenvalue weighted by molar-refractivity contribution is 0.0428. The molecule has 3 aliphatic heterocycles. The van der Waals surface area contributed by atoms with Gasteiger partial charge in [-0.05, 0) is 36.4 Å². The normalized spacial score (nSPS) is 18.3. The number of amides is 4. The van der Waals surface area contributed by atoms with Crippen LogP contribution in [0.5, 0.6) is 0 Å². The van der Waals surface area contributed by atoms with Gasteiger partial charge in [0.1, 0.15) is 5.82 Å². The highest BCUT2D eigenvalue weighted by molar-refractivity contribution is 6.07. The number of hydrogen-bond donors (Lipinski definition) is 2. The minimum atomic E-state index is -0.499. The van der Waals surface area contributed by atoms with Crippen molar-refractivity contribution in [2.24, 2.45) is 0 Å². The minimum Gasteiger partial charge on any atom is -0.378 e. The fourth-order valence-corrected chi connectivity index (χ4v) is 5.01. The highest BCUT2D eigenvalue weighted by Crippen LogP contribution is 2.30. The van der Waals surface area contributed by atoms with Crippen molar-refractivity contribution < 1.29 is 23.5 Å². The van der Waals surface area contributed by atoms with E-state index in [-0.39, 0.29) is 17.5 Å². The number of urea groups is 1. The Balaban J connectivity index is 1.35. The van der Waals surface area contributed by atoms with E-state index in [0.29, 0.717) is 76.8 Å². The number of hydrogen-bond acceptors (Lipinski definition) is 6. The number of carbonyl (C=O) groups is 3. The maximum absolute atomic E-state index is 13.8. The molecule has 0 spiro atoms. The van der Waals surface area contributed by atoms with E-state index in [9.17, 15) is 18.8 Å². The third-order valence-corrected chi connectivity index (χ3v) is 7.16. The Labute approximate surface area is 221 Å². The highest BCUT2D eigenvalue weighted by atomic mass is 19.1. The SMILES string of the molecule is O=C(Nc1cc(C(=O)N2CCNCC2)ccc1N1CCN(C(=O)N2CCOCC2)CC1)c1cccc(F)c1. The number of nitrogens with one attached hydrogen (secondary N) is 2. The molecule has 11 heteroatoms. The fraction of sp³-hybridized carbons (Fsp3) is 0.444. The molecular weight excluding hydrogens is 491 g/mol. The summed E-state index contributed by atoms with van der Waals surface area (Å²) in [7, 11) is 0. The van der Waals surface area contributed by atoms with Gasteiger partial charge in [0.2, 0.25) is 0 Å². The lowest BCUT2D eigenvalue weighted by atomic mass is 10.1. The second-order valence-corrected chi connectivity index (χ2v) is 9.59. The van der Waals surface area contributed by atoms with Gasteiger partial charge in [-0.25, -0.2) is 9.18 Å². The van der Waals surface area contributed by atoms with Crippen LogP contribution in [0.15, 0.2) is 42.5 Å². The van der Waals surface area contributed by atoms with E-state index < -0.39 is 11.7 Å². The summed E-state index contributed by atoms with van der Waals surface area (Å²) in [6.45, 7) is 7.22. The molecule has 3 fully saturated rings. The molecule has 0 bridgehead atoms. The number of nitrogens with zero attached hydrogens (tertiary/aromatic N) is 4. The molecule has 3 heterocycles. The van der Waals surface area contributed by atoms with Crippen LogP contribution in [-0.4, -0.2) is 111 Å². The number of anilines is 2.